The van der Waals surface area contributed by atoms with Crippen LogP contribution in [0.5, 0.6) is 0 Å². The summed E-state index contributed by atoms with van der Waals surface area (Å²) in [6.07, 6.45) is 4.55. The molecule has 2 aliphatic rings. The zero-order valence-electron chi connectivity index (χ0n) is 11.1. The number of fused-ring (bicyclic) bond motifs is 3. The fourth-order valence-electron chi connectivity index (χ4n) is 2.80. The molecule has 1 saturated carbocycles. The maximum absolute atomic E-state index is 6.12. The van der Waals surface area contributed by atoms with Gasteiger partial charge < -0.3 is 0 Å². The highest BCUT2D eigenvalue weighted by Crippen LogP contribution is 2.55. The fourth-order valence-corrected chi connectivity index (χ4v) is 6.20. The molecule has 2 heterocycles. The molecular formula is C14H14Cl2N2S2. The number of aromatic nitrogens is 2. The predicted octanol–water partition coefficient (Wildman–Crippen LogP) is 4.77. The number of aryl methyl sites for hydroxylation is 3. The summed E-state index contributed by atoms with van der Waals surface area (Å²) in [6.45, 7) is 1.97. The van der Waals surface area contributed by atoms with E-state index in [9.17, 15) is 0 Å². The van der Waals surface area contributed by atoms with Crippen LogP contribution in [-0.4, -0.2) is 20.1 Å². The Morgan fingerprint density at radius 1 is 1.35 bits per heavy atom. The van der Waals surface area contributed by atoms with Crippen molar-refractivity contribution in [3.8, 4) is 0 Å². The van der Waals surface area contributed by atoms with Crippen molar-refractivity contribution in [1.29, 1.82) is 0 Å². The summed E-state index contributed by atoms with van der Waals surface area (Å²) in [6, 6.07) is 0. The van der Waals surface area contributed by atoms with Crippen LogP contribution < -0.4 is 0 Å². The van der Waals surface area contributed by atoms with E-state index in [0.29, 0.717) is 5.92 Å². The molecule has 0 aliphatic heterocycles. The van der Waals surface area contributed by atoms with Gasteiger partial charge in [0.25, 0.3) is 0 Å². The first-order valence-corrected chi connectivity index (χ1v) is 9.40. The number of rotatable bonds is 3. The van der Waals surface area contributed by atoms with Crippen LogP contribution in [0.1, 0.15) is 29.1 Å². The van der Waals surface area contributed by atoms with E-state index in [-0.39, 0.29) is 0 Å². The van der Waals surface area contributed by atoms with Crippen LogP contribution >= 0.6 is 46.3 Å². The van der Waals surface area contributed by atoms with Crippen molar-refractivity contribution in [2.24, 2.45) is 5.92 Å². The van der Waals surface area contributed by atoms with Gasteiger partial charge in [0.05, 0.1) is 0 Å². The number of thioether (sulfide) groups is 1. The molecule has 2 aromatic rings. The third-order valence-electron chi connectivity index (χ3n) is 4.02. The Labute approximate surface area is 136 Å². The van der Waals surface area contributed by atoms with Gasteiger partial charge >= 0.3 is 0 Å². The maximum Gasteiger partial charge on any atom is 0.128 e. The molecule has 1 atom stereocenters. The SMILES string of the molecule is Cc1nc(SC[C@@H]2CC2(Cl)Cl)c2c3c(sc2n1)CCC3. The summed E-state index contributed by atoms with van der Waals surface area (Å²) in [5.41, 5.74) is 1.49. The Balaban J connectivity index is 1.70. The summed E-state index contributed by atoms with van der Waals surface area (Å²) in [5.74, 6) is 2.20. The molecule has 6 heteroatoms. The molecule has 20 heavy (non-hydrogen) atoms. The molecule has 0 aromatic carbocycles. The average Bonchev–Trinajstić information content (AvgIpc) is 2.75. The lowest BCUT2D eigenvalue weighted by atomic mass is 10.2. The monoisotopic (exact) mass is 344 g/mol. The van der Waals surface area contributed by atoms with Crippen molar-refractivity contribution < 1.29 is 0 Å². The van der Waals surface area contributed by atoms with Crippen LogP contribution in [0.25, 0.3) is 10.2 Å². The van der Waals surface area contributed by atoms with E-state index in [1.807, 2.05) is 18.3 Å². The second-order valence-corrected chi connectivity index (χ2v) is 9.22. The second-order valence-electron chi connectivity index (χ2n) is 5.59. The molecule has 1 fully saturated rings. The molecule has 0 radical (unpaired) electrons. The number of thiophene rings is 1. The lowest BCUT2D eigenvalue weighted by molar-refractivity contribution is 0.913. The van der Waals surface area contributed by atoms with Crippen molar-refractivity contribution in [3.63, 3.8) is 0 Å². The Hall–Kier alpha value is -0.0300. The van der Waals surface area contributed by atoms with Crippen molar-refractivity contribution in [1.82, 2.24) is 9.97 Å². The first kappa shape index (κ1) is 13.6. The first-order valence-electron chi connectivity index (χ1n) is 6.84. The molecule has 4 rings (SSSR count). The van der Waals surface area contributed by atoms with E-state index in [2.05, 4.69) is 9.97 Å². The third-order valence-corrected chi connectivity index (χ3v) is 7.27. The standard InChI is InChI=1S/C14H14Cl2N2S2/c1-7-17-12(19-6-8-5-14(8,15)16)11-9-3-2-4-10(9)20-13(11)18-7/h8H,2-6H2,1H3/t8-/m0/s1. The van der Waals surface area contributed by atoms with Crippen LogP contribution in [0.4, 0.5) is 0 Å². The van der Waals surface area contributed by atoms with Crippen molar-refractivity contribution >= 4 is 56.5 Å². The van der Waals surface area contributed by atoms with Crippen LogP contribution in [0, 0.1) is 12.8 Å². The lowest BCUT2D eigenvalue weighted by Gasteiger charge is -2.05. The van der Waals surface area contributed by atoms with Crippen molar-refractivity contribution in [2.45, 2.75) is 42.0 Å². The number of halogens is 2. The van der Waals surface area contributed by atoms with E-state index in [0.717, 1.165) is 27.9 Å². The van der Waals surface area contributed by atoms with Crippen LogP contribution in [-0.2, 0) is 12.8 Å². The molecule has 0 N–H and O–H groups in total. The van der Waals surface area contributed by atoms with Crippen LogP contribution in [0.2, 0.25) is 0 Å². The molecule has 0 bridgehead atoms. The maximum atomic E-state index is 6.12. The summed E-state index contributed by atoms with van der Waals surface area (Å²) in [7, 11) is 0. The highest BCUT2D eigenvalue weighted by Gasteiger charge is 2.51. The summed E-state index contributed by atoms with van der Waals surface area (Å²) >= 11 is 15.9. The van der Waals surface area contributed by atoms with E-state index >= 15 is 0 Å². The van der Waals surface area contributed by atoms with Gasteiger partial charge in [-0.3, -0.25) is 0 Å². The van der Waals surface area contributed by atoms with Gasteiger partial charge in [-0.15, -0.1) is 46.3 Å². The summed E-state index contributed by atoms with van der Waals surface area (Å²) in [5, 5.41) is 2.43. The predicted molar refractivity (Wildman–Crippen MR) is 87.4 cm³/mol. The molecule has 2 nitrogen and oxygen atoms in total. The minimum Gasteiger partial charge on any atom is -0.226 e. The Morgan fingerprint density at radius 2 is 2.15 bits per heavy atom. The molecule has 0 spiro atoms. The minimum absolute atomic E-state index is 0.396. The Kier molecular flexibility index (Phi) is 3.22. The van der Waals surface area contributed by atoms with E-state index < -0.39 is 4.33 Å². The van der Waals surface area contributed by atoms with Gasteiger partial charge in [-0.25, -0.2) is 9.97 Å². The lowest BCUT2D eigenvalue weighted by Crippen LogP contribution is -1.96. The van der Waals surface area contributed by atoms with Gasteiger partial charge in [0, 0.05) is 21.9 Å². The van der Waals surface area contributed by atoms with Gasteiger partial charge in [0.1, 0.15) is 20.0 Å². The largest absolute Gasteiger partial charge is 0.226 e. The zero-order chi connectivity index (χ0) is 13.9. The molecule has 0 amide bonds. The molecule has 106 valence electrons. The minimum atomic E-state index is -0.495. The normalized spacial score (nSPS) is 23.2. The Morgan fingerprint density at radius 3 is 2.90 bits per heavy atom. The fraction of sp³-hybridized carbons (Fsp3) is 0.571. The summed E-state index contributed by atoms with van der Waals surface area (Å²) in [4.78, 5) is 12.0. The average molecular weight is 345 g/mol. The van der Waals surface area contributed by atoms with E-state index in [1.54, 1.807) is 11.8 Å². The van der Waals surface area contributed by atoms with Crippen LogP contribution in [0.3, 0.4) is 0 Å². The van der Waals surface area contributed by atoms with E-state index in [4.69, 9.17) is 23.2 Å². The molecule has 0 saturated heterocycles. The quantitative estimate of drug-likeness (QED) is 0.455. The van der Waals surface area contributed by atoms with Crippen molar-refractivity contribution in [2.75, 3.05) is 5.75 Å². The molecular weight excluding hydrogens is 331 g/mol. The second kappa shape index (κ2) is 4.73. The van der Waals surface area contributed by atoms with Gasteiger partial charge in [-0.2, -0.15) is 0 Å². The summed E-state index contributed by atoms with van der Waals surface area (Å²) < 4.78 is -0.495. The van der Waals surface area contributed by atoms with Gasteiger partial charge in [0.15, 0.2) is 0 Å². The van der Waals surface area contributed by atoms with E-state index in [1.165, 1.54) is 35.1 Å². The number of nitrogens with zero attached hydrogens (tertiary/aromatic N) is 2. The highest BCUT2D eigenvalue weighted by molar-refractivity contribution is 7.99. The smallest absolute Gasteiger partial charge is 0.128 e. The topological polar surface area (TPSA) is 25.8 Å². The highest BCUT2D eigenvalue weighted by atomic mass is 35.5. The Bertz CT molecular complexity index is 696. The first-order chi connectivity index (χ1) is 9.54. The van der Waals surface area contributed by atoms with Gasteiger partial charge in [-0.1, -0.05) is 0 Å². The zero-order valence-corrected chi connectivity index (χ0v) is 14.2. The number of hydrogen-bond acceptors (Lipinski definition) is 4. The van der Waals surface area contributed by atoms with Gasteiger partial charge in [0.2, 0.25) is 0 Å². The van der Waals surface area contributed by atoms with Crippen molar-refractivity contribution in [3.05, 3.63) is 16.3 Å². The molecule has 2 aromatic heterocycles. The molecule has 0 unspecified atom stereocenters. The number of alkyl halides is 2. The third kappa shape index (κ3) is 2.25. The molecule has 2 aliphatic carbocycles. The van der Waals surface area contributed by atoms with Gasteiger partial charge in [-0.05, 0) is 38.2 Å². The van der Waals surface area contributed by atoms with Crippen LogP contribution in [0.15, 0.2) is 5.03 Å². The number of hydrogen-bond donors (Lipinski definition) is 0.